The standard InChI is InChI=1S/C16H25ClN5O3P/c1-5-24-14-11-13(20-16(18)21-14)22(8-19-11)15-10(17)12(23)9(25-15)6-7-26(2,3)4/h8-10,12,15,23H,2,5-7H2,1,3-4H3,(H2,18,20,21)/t9-,10-,12-,15?/m1/s1. The quantitative estimate of drug-likeness (QED) is 0.561. The summed E-state index contributed by atoms with van der Waals surface area (Å²) in [4.78, 5) is 12.7. The van der Waals surface area contributed by atoms with E-state index in [-0.39, 0.29) is 12.1 Å². The number of anilines is 1. The number of hydrogen-bond donors (Lipinski definition) is 2. The van der Waals surface area contributed by atoms with Crippen molar-refractivity contribution in [3.8, 4) is 5.88 Å². The largest absolute Gasteiger partial charge is 0.476 e. The second-order valence-corrected chi connectivity index (χ2v) is 11.9. The summed E-state index contributed by atoms with van der Waals surface area (Å²) in [5.74, 6) is 0.395. The van der Waals surface area contributed by atoms with E-state index in [0.717, 1.165) is 6.16 Å². The van der Waals surface area contributed by atoms with Crippen LogP contribution in [0.25, 0.3) is 11.2 Å². The lowest BCUT2D eigenvalue weighted by atomic mass is 10.1. The Bertz CT molecular complexity index is 839. The van der Waals surface area contributed by atoms with Gasteiger partial charge in [-0.2, -0.15) is 9.97 Å². The number of fused-ring (bicyclic) bond motifs is 1. The average Bonchev–Trinajstić information content (AvgIpc) is 3.08. The van der Waals surface area contributed by atoms with Crippen LogP contribution >= 0.6 is 18.5 Å². The number of rotatable bonds is 6. The van der Waals surface area contributed by atoms with Gasteiger partial charge in [-0.25, -0.2) is 4.98 Å². The Morgan fingerprint density at radius 1 is 1.46 bits per heavy atom. The van der Waals surface area contributed by atoms with E-state index in [2.05, 4.69) is 34.6 Å². The monoisotopic (exact) mass is 401 g/mol. The molecule has 1 aliphatic heterocycles. The van der Waals surface area contributed by atoms with E-state index in [4.69, 9.17) is 26.8 Å². The topological polar surface area (TPSA) is 108 Å². The van der Waals surface area contributed by atoms with E-state index in [1.54, 1.807) is 10.9 Å². The number of aliphatic hydroxyl groups is 1. The molecule has 4 atom stereocenters. The van der Waals surface area contributed by atoms with Crippen LogP contribution in [0.5, 0.6) is 5.88 Å². The molecule has 3 N–H and O–H groups in total. The van der Waals surface area contributed by atoms with E-state index >= 15 is 0 Å². The van der Waals surface area contributed by atoms with Crippen molar-refractivity contribution in [1.82, 2.24) is 19.5 Å². The summed E-state index contributed by atoms with van der Waals surface area (Å²) < 4.78 is 13.2. The zero-order valence-electron chi connectivity index (χ0n) is 15.2. The van der Waals surface area contributed by atoms with Crippen LogP contribution < -0.4 is 10.5 Å². The Hall–Kier alpha value is -1.34. The summed E-state index contributed by atoms with van der Waals surface area (Å²) in [6, 6.07) is 0. The van der Waals surface area contributed by atoms with Crippen molar-refractivity contribution in [1.29, 1.82) is 0 Å². The molecule has 2 aromatic heterocycles. The molecule has 26 heavy (non-hydrogen) atoms. The fourth-order valence-corrected chi connectivity index (χ4v) is 4.27. The predicted molar refractivity (Wildman–Crippen MR) is 106 cm³/mol. The van der Waals surface area contributed by atoms with Gasteiger partial charge in [-0.05, 0) is 32.8 Å². The highest BCUT2D eigenvalue weighted by atomic mass is 35.5. The summed E-state index contributed by atoms with van der Waals surface area (Å²) in [5.41, 5.74) is 6.75. The molecule has 1 fully saturated rings. The van der Waals surface area contributed by atoms with Crippen molar-refractivity contribution < 1.29 is 14.6 Å². The van der Waals surface area contributed by atoms with Crippen molar-refractivity contribution in [3.63, 3.8) is 0 Å². The number of nitrogen functional groups attached to an aromatic ring is 1. The van der Waals surface area contributed by atoms with E-state index in [1.807, 2.05) is 6.92 Å². The predicted octanol–water partition coefficient (Wildman–Crippen LogP) is 1.77. The van der Waals surface area contributed by atoms with E-state index in [9.17, 15) is 5.11 Å². The first-order valence-electron chi connectivity index (χ1n) is 8.49. The van der Waals surface area contributed by atoms with Gasteiger partial charge in [0.15, 0.2) is 17.4 Å². The van der Waals surface area contributed by atoms with Gasteiger partial charge >= 0.3 is 0 Å². The molecule has 1 aliphatic rings. The fourth-order valence-electron chi connectivity index (χ4n) is 2.97. The number of imidazole rings is 1. The van der Waals surface area contributed by atoms with Gasteiger partial charge in [-0.15, -0.1) is 24.8 Å². The third-order valence-corrected chi connectivity index (χ3v) is 6.22. The maximum atomic E-state index is 10.5. The Morgan fingerprint density at radius 3 is 2.85 bits per heavy atom. The molecule has 2 aromatic rings. The molecule has 8 nitrogen and oxygen atoms in total. The van der Waals surface area contributed by atoms with Crippen LogP contribution in [-0.2, 0) is 4.74 Å². The summed E-state index contributed by atoms with van der Waals surface area (Å²) in [6.07, 6.45) is 5.65. The number of nitrogens with zero attached hydrogens (tertiary/aromatic N) is 4. The molecule has 144 valence electrons. The van der Waals surface area contributed by atoms with Crippen molar-refractivity contribution in [2.75, 3.05) is 31.8 Å². The van der Waals surface area contributed by atoms with Crippen molar-refractivity contribution in [2.45, 2.75) is 37.2 Å². The first-order chi connectivity index (χ1) is 12.2. The fraction of sp³-hybridized carbons (Fsp3) is 0.625. The van der Waals surface area contributed by atoms with Gasteiger partial charge in [0.1, 0.15) is 11.5 Å². The molecule has 0 aliphatic carbocycles. The van der Waals surface area contributed by atoms with Crippen LogP contribution in [0.2, 0.25) is 0 Å². The van der Waals surface area contributed by atoms with Crippen molar-refractivity contribution in [2.24, 2.45) is 0 Å². The second-order valence-electron chi connectivity index (χ2n) is 7.09. The molecular formula is C16H25ClN5O3P. The molecule has 1 saturated heterocycles. The maximum Gasteiger partial charge on any atom is 0.247 e. The third-order valence-electron chi connectivity index (χ3n) is 4.27. The third kappa shape index (κ3) is 3.83. The minimum atomic E-state index is -1.21. The first kappa shape index (κ1) is 19.4. The molecule has 3 heterocycles. The Labute approximate surface area is 157 Å². The molecule has 0 spiro atoms. The van der Waals surface area contributed by atoms with Crippen LogP contribution in [0.3, 0.4) is 0 Å². The van der Waals surface area contributed by atoms with Crippen molar-refractivity contribution >= 4 is 41.9 Å². The molecular weight excluding hydrogens is 377 g/mol. The minimum absolute atomic E-state index is 0.0764. The van der Waals surface area contributed by atoms with E-state index in [1.165, 1.54) is 0 Å². The molecule has 10 heteroatoms. The lowest BCUT2D eigenvalue weighted by Gasteiger charge is -2.18. The average molecular weight is 402 g/mol. The Balaban J connectivity index is 1.90. The number of alkyl halides is 1. The summed E-state index contributed by atoms with van der Waals surface area (Å²) in [6.45, 7) is 5.38. The van der Waals surface area contributed by atoms with Gasteiger partial charge in [-0.1, -0.05) is 0 Å². The summed E-state index contributed by atoms with van der Waals surface area (Å²) in [7, 11) is 0. The lowest BCUT2D eigenvalue weighted by molar-refractivity contribution is -0.0176. The van der Waals surface area contributed by atoms with Crippen molar-refractivity contribution in [3.05, 3.63) is 6.33 Å². The van der Waals surface area contributed by atoms with Crippen LogP contribution in [0.4, 0.5) is 5.95 Å². The molecule has 3 rings (SSSR count). The summed E-state index contributed by atoms with van der Waals surface area (Å²) in [5, 5.41) is 9.88. The molecule has 1 unspecified atom stereocenters. The number of nitrogens with two attached hydrogens (primary N) is 1. The maximum absolute atomic E-state index is 10.5. The van der Waals surface area contributed by atoms with Gasteiger partial charge in [0, 0.05) is 0 Å². The number of halogens is 1. The minimum Gasteiger partial charge on any atom is -0.476 e. The van der Waals surface area contributed by atoms with Gasteiger partial charge in [-0.3, -0.25) is 4.57 Å². The summed E-state index contributed by atoms with van der Waals surface area (Å²) >= 11 is 6.47. The van der Waals surface area contributed by atoms with Crippen LogP contribution in [-0.4, -0.2) is 74.6 Å². The molecule has 0 bridgehead atoms. The smallest absolute Gasteiger partial charge is 0.247 e. The number of aliphatic hydroxyl groups excluding tert-OH is 1. The highest BCUT2D eigenvalue weighted by Crippen LogP contribution is 2.41. The van der Waals surface area contributed by atoms with Gasteiger partial charge in [0.05, 0.1) is 19.0 Å². The Morgan fingerprint density at radius 2 is 2.19 bits per heavy atom. The van der Waals surface area contributed by atoms with Crippen LogP contribution in [0.15, 0.2) is 6.33 Å². The van der Waals surface area contributed by atoms with Gasteiger partial charge in [0.2, 0.25) is 11.8 Å². The van der Waals surface area contributed by atoms with E-state index in [0.29, 0.717) is 30.1 Å². The first-order valence-corrected chi connectivity index (χ1v) is 12.0. The van der Waals surface area contributed by atoms with Gasteiger partial charge in [0.25, 0.3) is 0 Å². The number of aromatic nitrogens is 4. The molecule has 0 amide bonds. The van der Waals surface area contributed by atoms with Crippen LogP contribution in [0, 0.1) is 0 Å². The highest BCUT2D eigenvalue weighted by Gasteiger charge is 2.44. The normalized spacial score (nSPS) is 26.5. The lowest BCUT2D eigenvalue weighted by Crippen LogP contribution is -2.28. The molecule has 0 saturated carbocycles. The Kier molecular flexibility index (Phi) is 5.49. The van der Waals surface area contributed by atoms with E-state index < -0.39 is 24.6 Å². The van der Waals surface area contributed by atoms with Crippen LogP contribution in [0.1, 0.15) is 19.6 Å². The number of ether oxygens (including phenoxy) is 2. The molecule has 0 aromatic carbocycles. The highest BCUT2D eigenvalue weighted by molar-refractivity contribution is 7.72. The molecule has 0 radical (unpaired) electrons. The van der Waals surface area contributed by atoms with Gasteiger partial charge < -0.3 is 20.3 Å². The SMILES string of the molecule is C=P(C)(C)CC[C@H]1OC(n2cnc3c(OCC)nc(N)nc32)[C@H](Cl)[C@@H]1O. The zero-order chi connectivity index (χ0) is 19.1. The second kappa shape index (κ2) is 7.35. The number of hydrogen-bond acceptors (Lipinski definition) is 7. The zero-order valence-corrected chi connectivity index (χ0v) is 16.8.